The van der Waals surface area contributed by atoms with Gasteiger partial charge in [0.25, 0.3) is 11.7 Å². The maximum Gasteiger partial charge on any atom is 0.295 e. The number of aliphatic hydroxyl groups is 1. The maximum absolute atomic E-state index is 12.8. The summed E-state index contributed by atoms with van der Waals surface area (Å²) in [4.78, 5) is 38.1. The topological polar surface area (TPSA) is 95.9 Å². The van der Waals surface area contributed by atoms with Gasteiger partial charge in [0, 0.05) is 25.6 Å². The molecule has 3 rings (SSSR count). The Morgan fingerprint density at radius 3 is 2.34 bits per heavy atom. The van der Waals surface area contributed by atoms with Gasteiger partial charge in [0.05, 0.1) is 18.7 Å². The van der Waals surface area contributed by atoms with Crippen LogP contribution in [0.5, 0.6) is 5.75 Å². The predicted octanol–water partition coefficient (Wildman–Crippen LogP) is 2.25. The van der Waals surface area contributed by atoms with Crippen LogP contribution < -0.4 is 10.1 Å². The number of likely N-dealkylation sites (tertiary alicyclic amines) is 1. The minimum absolute atomic E-state index is 0.0224. The van der Waals surface area contributed by atoms with Gasteiger partial charge in [0.2, 0.25) is 5.91 Å². The molecule has 0 bridgehead atoms. The van der Waals surface area contributed by atoms with Crippen molar-refractivity contribution in [2.45, 2.75) is 13.0 Å². The summed E-state index contributed by atoms with van der Waals surface area (Å²) in [7, 11) is 1.55. The quantitative estimate of drug-likeness (QED) is 0.445. The van der Waals surface area contributed by atoms with E-state index >= 15 is 0 Å². The summed E-state index contributed by atoms with van der Waals surface area (Å²) in [6.45, 7) is 1.71. The number of methoxy groups -OCH3 is 1. The molecular weight excluding hydrogens is 372 g/mol. The lowest BCUT2D eigenvalue weighted by molar-refractivity contribution is -0.139. The molecule has 29 heavy (non-hydrogen) atoms. The van der Waals surface area contributed by atoms with Crippen LogP contribution in [0.25, 0.3) is 5.76 Å². The number of nitrogens with one attached hydrogen (secondary N) is 1. The molecule has 0 aliphatic carbocycles. The van der Waals surface area contributed by atoms with Gasteiger partial charge in [-0.25, -0.2) is 0 Å². The molecule has 0 aromatic heterocycles. The number of carbonyl (C=O) groups is 3. The van der Waals surface area contributed by atoms with Crippen molar-refractivity contribution in [2.75, 3.05) is 20.2 Å². The zero-order valence-electron chi connectivity index (χ0n) is 16.2. The molecule has 1 aliphatic rings. The number of benzene rings is 2. The van der Waals surface area contributed by atoms with Crippen molar-refractivity contribution in [3.8, 4) is 5.75 Å². The van der Waals surface area contributed by atoms with Gasteiger partial charge in [-0.3, -0.25) is 14.4 Å². The Balaban J connectivity index is 2.07. The van der Waals surface area contributed by atoms with Crippen LogP contribution in [0.4, 0.5) is 0 Å². The Hall–Kier alpha value is -3.61. The molecule has 2 aromatic rings. The molecule has 1 aliphatic heterocycles. The number of carbonyl (C=O) groups excluding carboxylic acids is 3. The summed E-state index contributed by atoms with van der Waals surface area (Å²) < 4.78 is 5.18. The van der Waals surface area contributed by atoms with Gasteiger partial charge in [-0.2, -0.15) is 0 Å². The van der Waals surface area contributed by atoms with Gasteiger partial charge in [0.1, 0.15) is 11.5 Å². The van der Waals surface area contributed by atoms with Gasteiger partial charge >= 0.3 is 0 Å². The van der Waals surface area contributed by atoms with E-state index in [1.54, 1.807) is 61.7 Å². The van der Waals surface area contributed by atoms with Crippen LogP contribution in [0.3, 0.4) is 0 Å². The molecule has 2 aromatic carbocycles. The minimum atomic E-state index is -0.769. The lowest BCUT2D eigenvalue weighted by atomic mass is 9.95. The SMILES string of the molecule is COc1ccc([C@@H]2/C(=C(\O)c3ccccc3)C(=O)C(=O)N2CCNC(C)=O)cc1. The molecule has 0 radical (unpaired) electrons. The van der Waals surface area contributed by atoms with Gasteiger partial charge in [-0.15, -0.1) is 0 Å². The van der Waals surface area contributed by atoms with Crippen molar-refractivity contribution in [3.05, 3.63) is 71.3 Å². The van der Waals surface area contributed by atoms with E-state index in [2.05, 4.69) is 5.32 Å². The van der Waals surface area contributed by atoms with Crippen LogP contribution in [-0.4, -0.2) is 47.8 Å². The van der Waals surface area contributed by atoms with E-state index in [0.717, 1.165) is 0 Å². The monoisotopic (exact) mass is 394 g/mol. The van der Waals surface area contributed by atoms with E-state index in [1.165, 1.54) is 11.8 Å². The largest absolute Gasteiger partial charge is 0.507 e. The number of amides is 2. The standard InChI is InChI=1S/C22H22N2O5/c1-14(25)23-12-13-24-19(15-8-10-17(29-2)11-9-15)18(21(27)22(24)28)20(26)16-6-4-3-5-7-16/h3-11,19,26H,12-13H2,1-2H3,(H,23,25)/b20-18+/t19-/m1/s1. The molecule has 0 unspecified atom stereocenters. The molecule has 7 nitrogen and oxygen atoms in total. The predicted molar refractivity (Wildman–Crippen MR) is 107 cm³/mol. The fraction of sp³-hybridized carbons (Fsp3) is 0.227. The average molecular weight is 394 g/mol. The van der Waals surface area contributed by atoms with Crippen molar-refractivity contribution < 1.29 is 24.2 Å². The molecule has 2 N–H and O–H groups in total. The lowest BCUT2D eigenvalue weighted by Crippen LogP contribution is -2.37. The first-order valence-corrected chi connectivity index (χ1v) is 9.16. The highest BCUT2D eigenvalue weighted by molar-refractivity contribution is 6.46. The van der Waals surface area contributed by atoms with Crippen LogP contribution in [0.15, 0.2) is 60.2 Å². The van der Waals surface area contributed by atoms with Gasteiger partial charge < -0.3 is 20.1 Å². The molecule has 0 saturated carbocycles. The maximum atomic E-state index is 12.8. The summed E-state index contributed by atoms with van der Waals surface area (Å²) in [5.74, 6) is -1.30. The van der Waals surface area contributed by atoms with Crippen molar-refractivity contribution in [1.29, 1.82) is 0 Å². The van der Waals surface area contributed by atoms with Crippen molar-refractivity contribution >= 4 is 23.4 Å². The second-order valence-corrected chi connectivity index (χ2v) is 6.61. The summed E-state index contributed by atoms with van der Waals surface area (Å²) >= 11 is 0. The van der Waals surface area contributed by atoms with Crippen molar-refractivity contribution in [3.63, 3.8) is 0 Å². The van der Waals surface area contributed by atoms with Gasteiger partial charge in [0.15, 0.2) is 0 Å². The fourth-order valence-electron chi connectivity index (χ4n) is 3.35. The minimum Gasteiger partial charge on any atom is -0.507 e. The van der Waals surface area contributed by atoms with Crippen LogP contribution in [0, 0.1) is 0 Å². The second-order valence-electron chi connectivity index (χ2n) is 6.61. The van der Waals surface area contributed by atoms with Crippen LogP contribution in [0.2, 0.25) is 0 Å². The van der Waals surface area contributed by atoms with Gasteiger partial charge in [-0.1, -0.05) is 42.5 Å². The first-order valence-electron chi connectivity index (χ1n) is 9.16. The molecule has 0 spiro atoms. The Morgan fingerprint density at radius 2 is 1.76 bits per heavy atom. The zero-order valence-corrected chi connectivity index (χ0v) is 16.2. The van der Waals surface area contributed by atoms with E-state index in [-0.39, 0.29) is 30.3 Å². The van der Waals surface area contributed by atoms with E-state index in [4.69, 9.17) is 4.74 Å². The molecule has 1 fully saturated rings. The lowest BCUT2D eigenvalue weighted by Gasteiger charge is -2.25. The first kappa shape index (κ1) is 20.1. The average Bonchev–Trinajstić information content (AvgIpc) is 2.98. The van der Waals surface area contributed by atoms with Gasteiger partial charge in [-0.05, 0) is 17.7 Å². The third-order valence-electron chi connectivity index (χ3n) is 4.75. The molecule has 7 heteroatoms. The van der Waals surface area contributed by atoms with Crippen LogP contribution in [0.1, 0.15) is 24.1 Å². The number of Topliss-reactive ketones (excluding diaryl/α,β-unsaturated/α-hetero) is 1. The molecule has 2 amide bonds. The number of aliphatic hydroxyl groups excluding tert-OH is 1. The van der Waals surface area contributed by atoms with E-state index in [0.29, 0.717) is 16.9 Å². The second kappa shape index (κ2) is 8.60. The summed E-state index contributed by atoms with van der Waals surface area (Å²) in [5.41, 5.74) is 1.13. The smallest absolute Gasteiger partial charge is 0.295 e. The highest BCUT2D eigenvalue weighted by Gasteiger charge is 2.45. The number of hydrogen-bond acceptors (Lipinski definition) is 5. The Bertz CT molecular complexity index is 951. The Kier molecular flexibility index (Phi) is 5.97. The van der Waals surface area contributed by atoms with E-state index < -0.39 is 17.7 Å². The first-order chi connectivity index (χ1) is 13.9. The number of nitrogens with zero attached hydrogens (tertiary/aromatic N) is 1. The third kappa shape index (κ3) is 4.13. The Morgan fingerprint density at radius 1 is 1.10 bits per heavy atom. The molecule has 1 saturated heterocycles. The van der Waals surface area contributed by atoms with Crippen LogP contribution in [-0.2, 0) is 14.4 Å². The highest BCUT2D eigenvalue weighted by atomic mass is 16.5. The summed E-state index contributed by atoms with van der Waals surface area (Å²) in [5, 5.41) is 13.5. The van der Waals surface area contributed by atoms with Crippen molar-refractivity contribution in [2.24, 2.45) is 0 Å². The molecule has 1 heterocycles. The fourth-order valence-corrected chi connectivity index (χ4v) is 3.35. The Labute approximate surface area is 168 Å². The molecule has 1 atom stereocenters. The van der Waals surface area contributed by atoms with E-state index in [9.17, 15) is 19.5 Å². The number of rotatable bonds is 6. The third-order valence-corrected chi connectivity index (χ3v) is 4.75. The summed E-state index contributed by atoms with van der Waals surface area (Å²) in [6, 6.07) is 14.8. The van der Waals surface area contributed by atoms with Crippen LogP contribution >= 0.6 is 0 Å². The number of ketones is 1. The highest BCUT2D eigenvalue weighted by Crippen LogP contribution is 2.39. The normalized spacial score (nSPS) is 18.0. The number of hydrogen-bond donors (Lipinski definition) is 2. The molecular formula is C22H22N2O5. The zero-order chi connectivity index (χ0) is 21.0. The van der Waals surface area contributed by atoms with E-state index in [1.807, 2.05) is 0 Å². The molecule has 150 valence electrons. The number of ether oxygens (including phenoxy) is 1. The van der Waals surface area contributed by atoms with Crippen molar-refractivity contribution in [1.82, 2.24) is 10.2 Å². The summed E-state index contributed by atoms with van der Waals surface area (Å²) in [6.07, 6.45) is 0.